The van der Waals surface area contributed by atoms with Crippen molar-refractivity contribution in [2.75, 3.05) is 13.1 Å². The number of hydrogen-bond donors (Lipinski definition) is 2. The van der Waals surface area contributed by atoms with Crippen LogP contribution >= 0.6 is 0 Å². The molecule has 2 rings (SSSR count). The minimum atomic E-state index is -0.999. The molecule has 1 saturated heterocycles. The van der Waals surface area contributed by atoms with Crippen LogP contribution in [0.5, 0.6) is 0 Å². The van der Waals surface area contributed by atoms with E-state index in [9.17, 15) is 19.1 Å². The maximum atomic E-state index is 13.5. The van der Waals surface area contributed by atoms with Crippen LogP contribution < -0.4 is 5.32 Å². The third-order valence-electron chi connectivity index (χ3n) is 5.39. The van der Waals surface area contributed by atoms with E-state index >= 15 is 0 Å². The molecule has 26 heavy (non-hydrogen) atoms. The maximum absolute atomic E-state index is 13.5. The predicted octanol–water partition coefficient (Wildman–Crippen LogP) is 2.64. The molecule has 1 aliphatic heterocycles. The van der Waals surface area contributed by atoms with Crippen molar-refractivity contribution in [3.8, 4) is 0 Å². The number of aliphatic hydroxyl groups is 1. The molecule has 2 aliphatic rings. The molecule has 1 saturated carbocycles. The van der Waals surface area contributed by atoms with Crippen molar-refractivity contribution in [2.24, 2.45) is 11.8 Å². The number of carbonyl (C=O) groups excluding carboxylic acids is 2. The highest BCUT2D eigenvalue weighted by Crippen LogP contribution is 2.33. The quantitative estimate of drug-likeness (QED) is 0.795. The molecule has 2 fully saturated rings. The average Bonchev–Trinajstić information content (AvgIpc) is 2.97. The number of rotatable bonds is 4. The van der Waals surface area contributed by atoms with Crippen molar-refractivity contribution in [3.63, 3.8) is 0 Å². The Morgan fingerprint density at radius 2 is 1.81 bits per heavy atom. The van der Waals surface area contributed by atoms with E-state index < -0.39 is 23.9 Å². The fourth-order valence-electron chi connectivity index (χ4n) is 3.87. The van der Waals surface area contributed by atoms with Crippen LogP contribution in [-0.4, -0.2) is 59.0 Å². The van der Waals surface area contributed by atoms with Gasteiger partial charge in [0.15, 0.2) is 0 Å². The molecule has 7 heteroatoms. The maximum Gasteiger partial charge on any atom is 0.408 e. The number of alkyl halides is 1. The molecule has 0 aromatic rings. The second-order valence-electron chi connectivity index (χ2n) is 8.72. The minimum absolute atomic E-state index is 0.0848. The molecule has 2 N–H and O–H groups in total. The molecule has 0 bridgehead atoms. The van der Waals surface area contributed by atoms with E-state index in [1.54, 1.807) is 20.8 Å². The van der Waals surface area contributed by atoms with Crippen LogP contribution in [0, 0.1) is 11.8 Å². The molecular formula is C19H33FN2O4. The average molecular weight is 372 g/mol. The summed E-state index contributed by atoms with van der Waals surface area (Å²) in [6.45, 7) is 7.71. The van der Waals surface area contributed by atoms with Crippen LogP contribution in [0.1, 0.15) is 59.8 Å². The van der Waals surface area contributed by atoms with E-state index in [0.29, 0.717) is 25.8 Å². The summed E-state index contributed by atoms with van der Waals surface area (Å²) in [4.78, 5) is 26.8. The molecule has 0 spiro atoms. The number of likely N-dealkylation sites (tertiary alicyclic amines) is 1. The smallest absolute Gasteiger partial charge is 0.408 e. The number of nitrogens with one attached hydrogen (secondary N) is 1. The zero-order chi connectivity index (χ0) is 19.5. The summed E-state index contributed by atoms with van der Waals surface area (Å²) < 4.78 is 18.9. The van der Waals surface area contributed by atoms with Gasteiger partial charge >= 0.3 is 6.09 Å². The number of amides is 2. The number of ether oxygens (including phenoxy) is 1. The van der Waals surface area contributed by atoms with Crippen LogP contribution in [0.3, 0.4) is 0 Å². The highest BCUT2D eigenvalue weighted by molar-refractivity contribution is 5.86. The van der Waals surface area contributed by atoms with Crippen LogP contribution in [0.25, 0.3) is 0 Å². The Bertz CT molecular complexity index is 500. The Morgan fingerprint density at radius 3 is 2.31 bits per heavy atom. The van der Waals surface area contributed by atoms with Gasteiger partial charge in [-0.15, -0.1) is 0 Å². The van der Waals surface area contributed by atoms with Gasteiger partial charge in [0.2, 0.25) is 5.91 Å². The number of aliphatic hydroxyl groups excluding tert-OH is 1. The third-order valence-corrected chi connectivity index (χ3v) is 5.39. The molecular weight excluding hydrogens is 339 g/mol. The van der Waals surface area contributed by atoms with E-state index in [1.165, 1.54) is 4.90 Å². The number of nitrogens with zero attached hydrogens (tertiary/aromatic N) is 1. The summed E-state index contributed by atoms with van der Waals surface area (Å²) in [6.07, 6.45) is 1.47. The molecule has 0 radical (unpaired) electrons. The van der Waals surface area contributed by atoms with Crippen LogP contribution in [0.2, 0.25) is 0 Å². The monoisotopic (exact) mass is 372 g/mol. The van der Waals surface area contributed by atoms with Gasteiger partial charge in [0.05, 0.1) is 12.6 Å². The fourth-order valence-corrected chi connectivity index (χ4v) is 3.87. The summed E-state index contributed by atoms with van der Waals surface area (Å²) in [5.41, 5.74) is -0.659. The van der Waals surface area contributed by atoms with Crippen LogP contribution in [0.4, 0.5) is 9.18 Å². The zero-order valence-corrected chi connectivity index (χ0v) is 16.3. The molecule has 0 aromatic carbocycles. The summed E-state index contributed by atoms with van der Waals surface area (Å²) in [6, 6.07) is -0.740. The number of alkyl carbamates (subject to hydrolysis) is 1. The van der Waals surface area contributed by atoms with E-state index in [0.717, 1.165) is 12.8 Å². The van der Waals surface area contributed by atoms with Crippen molar-refractivity contribution in [1.29, 1.82) is 0 Å². The summed E-state index contributed by atoms with van der Waals surface area (Å²) >= 11 is 0. The molecule has 0 aromatic heterocycles. The molecule has 2 amide bonds. The van der Waals surface area contributed by atoms with Crippen molar-refractivity contribution >= 4 is 12.0 Å². The van der Waals surface area contributed by atoms with Gasteiger partial charge in [-0.25, -0.2) is 9.18 Å². The molecule has 6 nitrogen and oxygen atoms in total. The van der Waals surface area contributed by atoms with Gasteiger partial charge in [-0.1, -0.05) is 6.92 Å². The fraction of sp³-hybridized carbons (Fsp3) is 0.895. The van der Waals surface area contributed by atoms with E-state index in [-0.39, 0.29) is 30.4 Å². The van der Waals surface area contributed by atoms with Crippen molar-refractivity contribution in [1.82, 2.24) is 10.2 Å². The van der Waals surface area contributed by atoms with Crippen molar-refractivity contribution in [2.45, 2.75) is 83.7 Å². The van der Waals surface area contributed by atoms with Gasteiger partial charge in [0.1, 0.15) is 17.8 Å². The summed E-state index contributed by atoms with van der Waals surface area (Å²) in [5.74, 6) is -0.123. The van der Waals surface area contributed by atoms with Crippen molar-refractivity contribution in [3.05, 3.63) is 0 Å². The highest BCUT2D eigenvalue weighted by atomic mass is 19.1. The Labute approximate surface area is 155 Å². The molecule has 1 heterocycles. The SMILES string of the molecule is C[C@@H](C1CCC(O)CC1)[C@H](NC(=O)OC(C)(C)C)C(=O)N1CC[C@H](F)C1. The normalized spacial score (nSPS) is 29.2. The summed E-state index contributed by atoms with van der Waals surface area (Å²) in [7, 11) is 0. The van der Waals surface area contributed by atoms with Gasteiger partial charge in [0.25, 0.3) is 0 Å². The lowest BCUT2D eigenvalue weighted by Gasteiger charge is -2.36. The first-order chi connectivity index (χ1) is 12.1. The first-order valence-electron chi connectivity index (χ1n) is 9.67. The van der Waals surface area contributed by atoms with Gasteiger partial charge in [-0.3, -0.25) is 4.79 Å². The van der Waals surface area contributed by atoms with Gasteiger partial charge in [-0.2, -0.15) is 0 Å². The first-order valence-corrected chi connectivity index (χ1v) is 9.67. The largest absolute Gasteiger partial charge is 0.444 e. The summed E-state index contributed by atoms with van der Waals surface area (Å²) in [5, 5.41) is 12.5. The molecule has 0 unspecified atom stereocenters. The lowest BCUT2D eigenvalue weighted by molar-refractivity contribution is -0.134. The van der Waals surface area contributed by atoms with E-state index in [1.807, 2.05) is 6.92 Å². The second kappa shape index (κ2) is 8.55. The predicted molar refractivity (Wildman–Crippen MR) is 96.4 cm³/mol. The number of carbonyl (C=O) groups is 2. The lowest BCUT2D eigenvalue weighted by atomic mass is 9.76. The van der Waals surface area contributed by atoms with E-state index in [2.05, 4.69) is 5.32 Å². The number of halogens is 1. The lowest BCUT2D eigenvalue weighted by Crippen LogP contribution is -2.54. The van der Waals surface area contributed by atoms with Crippen molar-refractivity contribution < 1.29 is 23.8 Å². The standard InChI is InChI=1S/C19H33FN2O4/c1-12(13-5-7-15(23)8-6-13)16(21-18(25)26-19(2,3)4)17(24)22-10-9-14(20)11-22/h12-16,23H,5-11H2,1-4H3,(H,21,25)/t12-,13?,14-,15?,16-/m0/s1. The number of hydrogen-bond acceptors (Lipinski definition) is 4. The van der Waals surface area contributed by atoms with Gasteiger partial charge in [-0.05, 0) is 64.7 Å². The minimum Gasteiger partial charge on any atom is -0.444 e. The molecule has 3 atom stereocenters. The molecule has 150 valence electrons. The zero-order valence-electron chi connectivity index (χ0n) is 16.3. The Balaban J connectivity index is 2.09. The third kappa shape index (κ3) is 5.83. The molecule has 1 aliphatic carbocycles. The van der Waals surface area contributed by atoms with Gasteiger partial charge < -0.3 is 20.1 Å². The topological polar surface area (TPSA) is 78.9 Å². The Hall–Kier alpha value is -1.37. The van der Waals surface area contributed by atoms with Crippen LogP contribution in [-0.2, 0) is 9.53 Å². The Morgan fingerprint density at radius 1 is 1.19 bits per heavy atom. The Kier molecular flexibility index (Phi) is 6.88. The van der Waals surface area contributed by atoms with Gasteiger partial charge in [0, 0.05) is 6.54 Å². The van der Waals surface area contributed by atoms with E-state index in [4.69, 9.17) is 4.74 Å². The second-order valence-corrected chi connectivity index (χ2v) is 8.72. The highest BCUT2D eigenvalue weighted by Gasteiger charge is 2.39. The first kappa shape index (κ1) is 20.9. The van der Waals surface area contributed by atoms with Crippen LogP contribution in [0.15, 0.2) is 0 Å².